The van der Waals surface area contributed by atoms with Crippen molar-refractivity contribution in [3.63, 3.8) is 0 Å². The van der Waals surface area contributed by atoms with Gasteiger partial charge in [-0.1, -0.05) is 0 Å². The van der Waals surface area contributed by atoms with Gasteiger partial charge in [-0.2, -0.15) is 0 Å². The summed E-state index contributed by atoms with van der Waals surface area (Å²) in [5.74, 6) is -0.250. The molecule has 1 aliphatic heterocycles. The fraction of sp³-hybridized carbons (Fsp3) is 0.389. The lowest BCUT2D eigenvalue weighted by atomic mass is 10.0. The number of halogens is 2. The van der Waals surface area contributed by atoms with Crippen LogP contribution in [0.2, 0.25) is 0 Å². The van der Waals surface area contributed by atoms with Gasteiger partial charge in [0, 0.05) is 30.0 Å². The molecule has 146 valence electrons. The maximum atomic E-state index is 14.3. The maximum absolute atomic E-state index is 14.3. The molecule has 0 radical (unpaired) electrons. The normalized spacial score (nSPS) is 15.9. The van der Waals surface area contributed by atoms with Gasteiger partial charge < -0.3 is 16.0 Å². The predicted octanol–water partition coefficient (Wildman–Crippen LogP) is 3.66. The lowest BCUT2D eigenvalue weighted by Crippen LogP contribution is -2.14. The van der Waals surface area contributed by atoms with Gasteiger partial charge in [-0.05, 0) is 50.0 Å². The molecule has 0 spiro atoms. The van der Waals surface area contributed by atoms with Crippen LogP contribution in [0.4, 0.5) is 15.2 Å². The van der Waals surface area contributed by atoms with Gasteiger partial charge >= 0.3 is 0 Å². The third-order valence-corrected chi connectivity index (χ3v) is 5.02. The van der Waals surface area contributed by atoms with E-state index in [4.69, 9.17) is 0 Å². The van der Waals surface area contributed by atoms with Gasteiger partial charge in [0.15, 0.2) is 5.13 Å². The molecule has 6 nitrogen and oxygen atoms in total. The Hall–Kier alpha value is -2.03. The molecule has 1 saturated heterocycles. The molecule has 0 saturated carbocycles. The first-order chi connectivity index (χ1) is 12.5. The van der Waals surface area contributed by atoms with Gasteiger partial charge in [-0.15, -0.1) is 23.7 Å². The highest BCUT2D eigenvalue weighted by Crippen LogP contribution is 2.29. The molecule has 2 heterocycles. The molecule has 0 aliphatic carbocycles. The second-order valence-corrected chi connectivity index (χ2v) is 7.22. The van der Waals surface area contributed by atoms with Gasteiger partial charge in [-0.3, -0.25) is 9.59 Å². The largest absolute Gasteiger partial charge is 0.326 e. The zero-order valence-corrected chi connectivity index (χ0v) is 16.5. The molecule has 1 aliphatic rings. The van der Waals surface area contributed by atoms with E-state index in [1.165, 1.54) is 24.3 Å². The smallest absolute Gasteiger partial charge is 0.226 e. The SMILES string of the molecule is CC(=O)Nc1ccc(-c2csc(NC(=O)CCC3CCNC3)n2)c(F)c1.Cl. The minimum Gasteiger partial charge on any atom is -0.326 e. The van der Waals surface area contributed by atoms with E-state index in [0.29, 0.717) is 34.4 Å². The molecule has 1 fully saturated rings. The van der Waals surface area contributed by atoms with Gasteiger partial charge in [0.2, 0.25) is 11.8 Å². The molecule has 0 bridgehead atoms. The predicted molar refractivity (Wildman–Crippen MR) is 108 cm³/mol. The molecule has 2 aromatic rings. The summed E-state index contributed by atoms with van der Waals surface area (Å²) >= 11 is 1.26. The summed E-state index contributed by atoms with van der Waals surface area (Å²) < 4.78 is 14.3. The Kier molecular flexibility index (Phi) is 7.70. The first-order valence-electron chi connectivity index (χ1n) is 8.55. The topological polar surface area (TPSA) is 83.1 Å². The zero-order chi connectivity index (χ0) is 18.5. The number of nitrogens with zero attached hydrogens (tertiary/aromatic N) is 1. The lowest BCUT2D eigenvalue weighted by molar-refractivity contribution is -0.116. The van der Waals surface area contributed by atoms with Crippen LogP contribution in [-0.2, 0) is 9.59 Å². The minimum absolute atomic E-state index is 0. The van der Waals surface area contributed by atoms with Crippen LogP contribution in [0.15, 0.2) is 23.6 Å². The highest BCUT2D eigenvalue weighted by Gasteiger charge is 2.17. The molecule has 1 aromatic carbocycles. The molecule has 1 atom stereocenters. The number of hydrogen-bond acceptors (Lipinski definition) is 5. The number of rotatable bonds is 6. The van der Waals surface area contributed by atoms with E-state index in [1.807, 2.05) is 0 Å². The molecular formula is C18H22ClFN4O2S. The van der Waals surface area contributed by atoms with Gasteiger partial charge in [0.05, 0.1) is 5.69 Å². The van der Waals surface area contributed by atoms with Crippen molar-refractivity contribution in [1.29, 1.82) is 0 Å². The number of benzene rings is 1. The van der Waals surface area contributed by atoms with E-state index < -0.39 is 5.82 Å². The van der Waals surface area contributed by atoms with Gasteiger partial charge in [0.1, 0.15) is 5.82 Å². The van der Waals surface area contributed by atoms with E-state index in [0.717, 1.165) is 25.9 Å². The zero-order valence-electron chi connectivity index (χ0n) is 14.9. The summed E-state index contributed by atoms with van der Waals surface area (Å²) in [4.78, 5) is 27.4. The van der Waals surface area contributed by atoms with Crippen LogP contribution in [0.3, 0.4) is 0 Å². The van der Waals surface area contributed by atoms with Crippen LogP contribution in [0, 0.1) is 11.7 Å². The van der Waals surface area contributed by atoms with Crippen molar-refractivity contribution in [3.8, 4) is 11.3 Å². The number of hydrogen-bond donors (Lipinski definition) is 3. The Morgan fingerprint density at radius 3 is 2.85 bits per heavy atom. The first-order valence-corrected chi connectivity index (χ1v) is 9.43. The molecule has 1 aromatic heterocycles. The van der Waals surface area contributed by atoms with Gasteiger partial charge in [0.25, 0.3) is 0 Å². The Bertz CT molecular complexity index is 808. The molecule has 2 amide bonds. The fourth-order valence-corrected chi connectivity index (χ4v) is 3.66. The summed E-state index contributed by atoms with van der Waals surface area (Å²) in [5.41, 5.74) is 1.17. The summed E-state index contributed by atoms with van der Waals surface area (Å²) in [7, 11) is 0. The maximum Gasteiger partial charge on any atom is 0.226 e. The summed E-state index contributed by atoms with van der Waals surface area (Å²) in [5, 5.41) is 10.8. The van der Waals surface area contributed by atoms with Crippen LogP contribution in [0.25, 0.3) is 11.3 Å². The standard InChI is InChI=1S/C18H21FN4O2S.ClH/c1-11(24)21-13-3-4-14(15(19)8-13)16-10-26-18(22-16)23-17(25)5-2-12-6-7-20-9-12;/h3-4,8,10,12,20H,2,5-7,9H2,1H3,(H,21,24)(H,22,23,25);1H. The van der Waals surface area contributed by atoms with E-state index in [9.17, 15) is 14.0 Å². The highest BCUT2D eigenvalue weighted by molar-refractivity contribution is 7.14. The molecule has 3 rings (SSSR count). The number of aromatic nitrogens is 1. The van der Waals surface area contributed by atoms with Crippen molar-refractivity contribution in [3.05, 3.63) is 29.4 Å². The number of nitrogens with one attached hydrogen (secondary N) is 3. The van der Waals surface area contributed by atoms with Crippen LogP contribution >= 0.6 is 23.7 Å². The summed E-state index contributed by atoms with van der Waals surface area (Å²) in [6, 6.07) is 4.44. The van der Waals surface area contributed by atoms with E-state index in [2.05, 4.69) is 20.9 Å². The van der Waals surface area contributed by atoms with E-state index >= 15 is 0 Å². The Labute approximate surface area is 167 Å². The Morgan fingerprint density at radius 1 is 1.37 bits per heavy atom. The van der Waals surface area contributed by atoms with E-state index in [1.54, 1.807) is 17.5 Å². The second-order valence-electron chi connectivity index (χ2n) is 6.36. The monoisotopic (exact) mass is 412 g/mol. The fourth-order valence-electron chi connectivity index (χ4n) is 2.94. The number of thiazole rings is 1. The minimum atomic E-state index is -0.479. The number of carbonyl (C=O) groups is 2. The van der Waals surface area contributed by atoms with Crippen LogP contribution in [0.1, 0.15) is 26.2 Å². The Morgan fingerprint density at radius 2 is 2.19 bits per heavy atom. The lowest BCUT2D eigenvalue weighted by Gasteiger charge is -2.07. The van der Waals surface area contributed by atoms with Crippen LogP contribution in [-0.4, -0.2) is 29.9 Å². The molecular weight excluding hydrogens is 391 g/mol. The number of amides is 2. The quantitative estimate of drug-likeness (QED) is 0.676. The van der Waals surface area contributed by atoms with Crippen molar-refractivity contribution in [2.24, 2.45) is 5.92 Å². The summed E-state index contributed by atoms with van der Waals surface area (Å²) in [6.45, 7) is 3.36. The highest BCUT2D eigenvalue weighted by atomic mass is 35.5. The average Bonchev–Trinajstić information content (AvgIpc) is 3.24. The van der Waals surface area contributed by atoms with Crippen LogP contribution < -0.4 is 16.0 Å². The number of carbonyl (C=O) groups excluding carboxylic acids is 2. The van der Waals surface area contributed by atoms with Crippen LogP contribution in [0.5, 0.6) is 0 Å². The molecule has 9 heteroatoms. The third kappa shape index (κ3) is 5.98. The van der Waals surface area contributed by atoms with Crippen molar-refractivity contribution in [2.45, 2.75) is 26.2 Å². The second kappa shape index (κ2) is 9.77. The molecule has 1 unspecified atom stereocenters. The molecule has 27 heavy (non-hydrogen) atoms. The third-order valence-electron chi connectivity index (χ3n) is 4.26. The molecule has 3 N–H and O–H groups in total. The number of anilines is 2. The van der Waals surface area contributed by atoms with Crippen molar-refractivity contribution in [2.75, 3.05) is 23.7 Å². The van der Waals surface area contributed by atoms with Gasteiger partial charge in [-0.25, -0.2) is 9.37 Å². The summed E-state index contributed by atoms with van der Waals surface area (Å²) in [6.07, 6.45) is 2.43. The first kappa shape index (κ1) is 21.3. The van der Waals surface area contributed by atoms with Crippen molar-refractivity contribution < 1.29 is 14.0 Å². The van der Waals surface area contributed by atoms with Crippen molar-refractivity contribution >= 4 is 46.4 Å². The van der Waals surface area contributed by atoms with E-state index in [-0.39, 0.29) is 24.2 Å². The Balaban J connectivity index is 0.00000261. The van der Waals surface area contributed by atoms with Crippen molar-refractivity contribution in [1.82, 2.24) is 10.3 Å². The average molecular weight is 413 g/mol.